The molecule has 4 aliphatic carbocycles. The van der Waals surface area contributed by atoms with E-state index in [0.29, 0.717) is 22.7 Å². The van der Waals surface area contributed by atoms with Crippen LogP contribution in [0, 0.1) is 39.4 Å². The predicted molar refractivity (Wildman–Crippen MR) is 149 cm³/mol. The summed E-state index contributed by atoms with van der Waals surface area (Å²) in [5, 5.41) is 21.5. The maximum atomic E-state index is 10.9. The van der Waals surface area contributed by atoms with E-state index in [2.05, 4.69) is 41.5 Å². The Hall–Kier alpha value is -1.12. The minimum absolute atomic E-state index is 0.0181. The minimum atomic E-state index is -0.334. The van der Waals surface area contributed by atoms with Crippen molar-refractivity contribution in [3.8, 4) is 0 Å². The van der Waals surface area contributed by atoms with Crippen LogP contribution in [-0.4, -0.2) is 16.3 Å². The van der Waals surface area contributed by atoms with Gasteiger partial charge in [0.15, 0.2) is 0 Å². The first kappa shape index (κ1) is 26.5. The number of fused-ring (bicyclic) bond motifs is 4. The summed E-state index contributed by atoms with van der Waals surface area (Å²) in [6.45, 7) is 15.0. The van der Waals surface area contributed by atoms with Gasteiger partial charge in [0.25, 0.3) is 0 Å². The van der Waals surface area contributed by atoms with Crippen LogP contribution in [0.3, 0.4) is 0 Å². The molecular weight excluding hydrogens is 440 g/mol. The lowest BCUT2D eigenvalue weighted by atomic mass is 9.43. The fraction of sp³-hybridized carbons (Fsp3) is 0.765. The van der Waals surface area contributed by atoms with Gasteiger partial charge in [0, 0.05) is 0 Å². The fourth-order valence-corrected chi connectivity index (χ4v) is 10.3. The number of benzene rings is 1. The number of aliphatic hydroxyl groups excluding tert-OH is 2. The van der Waals surface area contributed by atoms with Gasteiger partial charge in [-0.15, -0.1) is 0 Å². The number of hydrogen-bond donors (Lipinski definition) is 2. The van der Waals surface area contributed by atoms with Crippen molar-refractivity contribution in [3.05, 3.63) is 47.0 Å². The van der Waals surface area contributed by atoms with E-state index in [1.807, 2.05) is 41.5 Å². The highest BCUT2D eigenvalue weighted by Gasteiger charge is 2.63. The van der Waals surface area contributed by atoms with E-state index in [1.165, 1.54) is 44.9 Å². The highest BCUT2D eigenvalue weighted by Crippen LogP contribution is 2.72. The lowest BCUT2D eigenvalue weighted by molar-refractivity contribution is -0.0962. The normalized spacial score (nSPS) is 41.3. The Labute approximate surface area is 221 Å². The average molecular weight is 493 g/mol. The summed E-state index contributed by atoms with van der Waals surface area (Å²) in [6, 6.07) is 10.2. The molecule has 5 rings (SSSR count). The summed E-state index contributed by atoms with van der Waals surface area (Å²) in [5.41, 5.74) is 5.73. The van der Waals surface area contributed by atoms with Crippen LogP contribution in [0.5, 0.6) is 0 Å². The molecule has 2 nitrogen and oxygen atoms in total. The quantitative estimate of drug-likeness (QED) is 0.390. The van der Waals surface area contributed by atoms with Gasteiger partial charge >= 0.3 is 0 Å². The highest BCUT2D eigenvalue weighted by atomic mass is 16.3. The van der Waals surface area contributed by atoms with E-state index >= 15 is 0 Å². The van der Waals surface area contributed by atoms with Crippen molar-refractivity contribution in [2.24, 2.45) is 39.4 Å². The van der Waals surface area contributed by atoms with E-state index < -0.39 is 0 Å². The van der Waals surface area contributed by atoms with E-state index in [0.717, 1.165) is 37.2 Å². The zero-order valence-corrected chi connectivity index (χ0v) is 23.9. The number of hydrogen-bond acceptors (Lipinski definition) is 2. The second-order valence-corrected chi connectivity index (χ2v) is 14.6. The van der Waals surface area contributed by atoms with Gasteiger partial charge in [-0.1, -0.05) is 95.9 Å². The van der Waals surface area contributed by atoms with Gasteiger partial charge in [-0.25, -0.2) is 0 Å². The topological polar surface area (TPSA) is 40.5 Å². The maximum absolute atomic E-state index is 10.9. The van der Waals surface area contributed by atoms with E-state index in [4.69, 9.17) is 0 Å². The average Bonchev–Trinajstić information content (AvgIpc) is 3.13. The zero-order chi connectivity index (χ0) is 25.9. The molecule has 0 unspecified atom stereocenters. The molecule has 0 radical (unpaired) electrons. The summed E-state index contributed by atoms with van der Waals surface area (Å²) in [5.74, 6) is 2.09. The van der Waals surface area contributed by atoms with Gasteiger partial charge in [0.1, 0.15) is 0 Å². The molecule has 0 amide bonds. The van der Waals surface area contributed by atoms with Crippen molar-refractivity contribution in [2.75, 3.05) is 0 Å². The van der Waals surface area contributed by atoms with Crippen LogP contribution in [0.4, 0.5) is 0 Å². The summed E-state index contributed by atoms with van der Waals surface area (Å²) in [6.07, 6.45) is 12.6. The summed E-state index contributed by atoms with van der Waals surface area (Å²) in [4.78, 5) is 0. The molecule has 4 aliphatic rings. The molecule has 1 aromatic rings. The molecule has 200 valence electrons. The molecule has 1 aromatic carbocycles. The van der Waals surface area contributed by atoms with Crippen molar-refractivity contribution >= 4 is 0 Å². The van der Waals surface area contributed by atoms with Crippen molar-refractivity contribution in [1.82, 2.24) is 0 Å². The van der Waals surface area contributed by atoms with Crippen molar-refractivity contribution in [3.63, 3.8) is 0 Å². The molecule has 0 aromatic heterocycles. The van der Waals surface area contributed by atoms with Gasteiger partial charge in [-0.05, 0) is 103 Å². The number of rotatable bonds is 6. The molecule has 8 atom stereocenters. The molecule has 0 aliphatic heterocycles. The Morgan fingerprint density at radius 2 is 1.58 bits per heavy atom. The van der Waals surface area contributed by atoms with Crippen molar-refractivity contribution in [1.29, 1.82) is 0 Å². The maximum Gasteiger partial charge on any atom is 0.0790 e. The monoisotopic (exact) mass is 492 g/mol. The van der Waals surface area contributed by atoms with Crippen LogP contribution in [-0.2, 0) is 0 Å². The minimum Gasteiger partial charge on any atom is -0.393 e. The van der Waals surface area contributed by atoms with E-state index in [1.54, 1.807) is 0 Å². The number of allylic oxidation sites excluding steroid dienone is 2. The molecular formula is C34H52O2. The SMILES string of the molecule is C[C@H](CCC[C@H](O)c1ccccc1)[C@H]1CC[C@@]2(C)C3=C(CC[C@]12C)[C@@]1(C)CC[C@H](O)C(C)(C)[C@@H]1CC3. The van der Waals surface area contributed by atoms with Crippen molar-refractivity contribution in [2.45, 2.75) is 124 Å². The van der Waals surface area contributed by atoms with Crippen LogP contribution in [0.1, 0.15) is 124 Å². The molecule has 0 heterocycles. The van der Waals surface area contributed by atoms with Crippen molar-refractivity contribution < 1.29 is 10.2 Å². The van der Waals surface area contributed by atoms with E-state index in [-0.39, 0.29) is 23.0 Å². The van der Waals surface area contributed by atoms with Gasteiger partial charge in [0.05, 0.1) is 12.2 Å². The summed E-state index contributed by atoms with van der Waals surface area (Å²) in [7, 11) is 0. The largest absolute Gasteiger partial charge is 0.393 e. The van der Waals surface area contributed by atoms with Gasteiger partial charge in [0.2, 0.25) is 0 Å². The second-order valence-electron chi connectivity index (χ2n) is 14.6. The van der Waals surface area contributed by atoms with Gasteiger partial charge in [-0.2, -0.15) is 0 Å². The molecule has 2 heteroatoms. The molecule has 2 N–H and O–H groups in total. The van der Waals surface area contributed by atoms with Crippen LogP contribution in [0.25, 0.3) is 0 Å². The molecule has 2 saturated carbocycles. The Bertz CT molecular complexity index is 978. The third kappa shape index (κ3) is 3.87. The Morgan fingerprint density at radius 1 is 0.861 bits per heavy atom. The molecule has 36 heavy (non-hydrogen) atoms. The van der Waals surface area contributed by atoms with Crippen LogP contribution in [0.2, 0.25) is 0 Å². The van der Waals surface area contributed by atoms with Gasteiger partial charge in [-0.3, -0.25) is 0 Å². The fourth-order valence-electron chi connectivity index (χ4n) is 10.3. The first-order chi connectivity index (χ1) is 16.9. The third-order valence-electron chi connectivity index (χ3n) is 12.8. The highest BCUT2D eigenvalue weighted by molar-refractivity contribution is 5.38. The lowest BCUT2D eigenvalue weighted by Crippen LogP contribution is -2.55. The summed E-state index contributed by atoms with van der Waals surface area (Å²) < 4.78 is 0. The lowest BCUT2D eigenvalue weighted by Gasteiger charge is -2.62. The molecule has 0 bridgehead atoms. The summed E-state index contributed by atoms with van der Waals surface area (Å²) >= 11 is 0. The smallest absolute Gasteiger partial charge is 0.0790 e. The van der Waals surface area contributed by atoms with Crippen LogP contribution < -0.4 is 0 Å². The standard InChI is InChI=1S/C34H52O2/c1-23(11-10-14-28(35)24-12-8-7-9-13-24)25-17-21-34(6)27-15-16-29-31(2,3)30(36)19-20-32(29,4)26(27)18-22-33(25,34)5/h7-9,12-13,23,25,28-30,35-36H,10-11,14-22H2,1-6H3/t23-,25-,28+,29+,30+,32-,33-,34+/m1/s1. The Balaban J connectivity index is 1.32. The predicted octanol–water partition coefficient (Wildman–Crippen LogP) is 8.64. The molecule has 0 spiro atoms. The van der Waals surface area contributed by atoms with E-state index in [9.17, 15) is 10.2 Å². The molecule has 0 saturated heterocycles. The molecule has 2 fully saturated rings. The van der Waals surface area contributed by atoms with Gasteiger partial charge < -0.3 is 10.2 Å². The first-order valence-electron chi connectivity index (χ1n) is 15.1. The third-order valence-corrected chi connectivity index (χ3v) is 12.8. The van der Waals surface area contributed by atoms with Crippen LogP contribution >= 0.6 is 0 Å². The first-order valence-corrected chi connectivity index (χ1v) is 15.1. The zero-order valence-electron chi connectivity index (χ0n) is 23.9. The van der Waals surface area contributed by atoms with Crippen LogP contribution in [0.15, 0.2) is 41.5 Å². The number of aliphatic hydroxyl groups is 2. The Kier molecular flexibility index (Phi) is 6.82. The Morgan fingerprint density at radius 3 is 2.31 bits per heavy atom. The second kappa shape index (κ2) is 9.26.